The lowest BCUT2D eigenvalue weighted by Gasteiger charge is -1.90. The van der Waals surface area contributed by atoms with E-state index in [-0.39, 0.29) is 5.56 Å². The largest absolute Gasteiger partial charge is 0.299 e. The van der Waals surface area contributed by atoms with Gasteiger partial charge in [0.25, 0.3) is 5.56 Å². The number of aromatic amines is 1. The highest BCUT2D eigenvalue weighted by molar-refractivity contribution is 5.75. The molecule has 2 rings (SSSR count). The first-order chi connectivity index (χ1) is 5.38. The minimum atomic E-state index is -0.348. The van der Waals surface area contributed by atoms with Gasteiger partial charge in [-0.1, -0.05) is 22.4 Å². The van der Waals surface area contributed by atoms with Gasteiger partial charge in [-0.3, -0.25) is 9.89 Å². The number of benzene rings is 1. The molecule has 0 atom stereocenters. The molecule has 0 aliphatic carbocycles. The summed E-state index contributed by atoms with van der Waals surface area (Å²) in [6, 6.07) is 7.97. The normalized spacial score (nSPS) is 10.2. The van der Waals surface area contributed by atoms with E-state index in [1.807, 2.05) is 0 Å². The van der Waals surface area contributed by atoms with E-state index in [1.165, 1.54) is 0 Å². The van der Waals surface area contributed by atoms with Gasteiger partial charge in [0, 0.05) is 0 Å². The molecule has 1 heterocycles. The second-order valence-electron chi connectivity index (χ2n) is 2.08. The van der Waals surface area contributed by atoms with Crippen LogP contribution in [0.1, 0.15) is 0 Å². The van der Waals surface area contributed by atoms with E-state index in [2.05, 4.69) is 21.5 Å². The standard InChI is InChI=1S/C7H4N3O/c11-7-5-3-1-2-4-6(5)8-10-9-7/h1-2,4H,(H,8,9,11). The maximum atomic E-state index is 11.0. The highest BCUT2D eigenvalue weighted by Gasteiger charge is 1.95. The van der Waals surface area contributed by atoms with E-state index >= 15 is 0 Å². The highest BCUT2D eigenvalue weighted by atomic mass is 16.1. The zero-order valence-electron chi connectivity index (χ0n) is 5.53. The third-order valence-corrected chi connectivity index (χ3v) is 1.38. The van der Waals surface area contributed by atoms with E-state index in [9.17, 15) is 4.79 Å². The second-order valence-corrected chi connectivity index (χ2v) is 2.08. The number of fused-ring (bicyclic) bond motifs is 1. The second kappa shape index (κ2) is 2.16. The van der Waals surface area contributed by atoms with Crippen LogP contribution in [0.4, 0.5) is 0 Å². The van der Waals surface area contributed by atoms with Crippen molar-refractivity contribution in [2.75, 3.05) is 0 Å². The molecule has 0 bridgehead atoms. The zero-order chi connectivity index (χ0) is 7.68. The van der Waals surface area contributed by atoms with Crippen LogP contribution in [0.15, 0.2) is 23.0 Å². The van der Waals surface area contributed by atoms with Crippen molar-refractivity contribution in [2.45, 2.75) is 0 Å². The maximum absolute atomic E-state index is 11.0. The molecule has 0 amide bonds. The Morgan fingerprint density at radius 2 is 2.45 bits per heavy atom. The van der Waals surface area contributed by atoms with E-state index in [4.69, 9.17) is 0 Å². The molecule has 1 aromatic carbocycles. The predicted molar refractivity (Wildman–Crippen MR) is 39.0 cm³/mol. The van der Waals surface area contributed by atoms with Crippen LogP contribution in [0.3, 0.4) is 0 Å². The average Bonchev–Trinajstić information content (AvgIpc) is 2.06. The predicted octanol–water partition coefficient (Wildman–Crippen LogP) is 0.118. The number of H-pyrrole nitrogens is 1. The summed E-state index contributed by atoms with van der Waals surface area (Å²) >= 11 is 0. The fourth-order valence-corrected chi connectivity index (χ4v) is 0.881. The van der Waals surface area contributed by atoms with Crippen molar-refractivity contribution in [3.8, 4) is 0 Å². The van der Waals surface area contributed by atoms with Crippen LogP contribution in [0.5, 0.6) is 0 Å². The molecule has 0 fully saturated rings. The summed E-state index contributed by atoms with van der Waals surface area (Å²) in [5.74, 6) is 0. The van der Waals surface area contributed by atoms with E-state index in [1.54, 1.807) is 18.2 Å². The Hall–Kier alpha value is -1.71. The Kier molecular flexibility index (Phi) is 1.18. The molecule has 4 nitrogen and oxygen atoms in total. The first-order valence-corrected chi connectivity index (χ1v) is 3.10. The van der Waals surface area contributed by atoms with Gasteiger partial charge in [-0.15, -0.1) is 0 Å². The Balaban J connectivity index is 3.03. The maximum Gasteiger partial charge on any atom is 0.299 e. The van der Waals surface area contributed by atoms with Crippen LogP contribution >= 0.6 is 0 Å². The molecule has 0 saturated carbocycles. The molecular formula is C7H4N3O. The molecule has 1 aromatic heterocycles. The summed E-state index contributed by atoms with van der Waals surface area (Å²) in [5.41, 5.74) is 0.312. The summed E-state index contributed by atoms with van der Waals surface area (Å²) in [5, 5.41) is 9.77. The number of nitrogens with zero attached hydrogens (tertiary/aromatic N) is 2. The smallest absolute Gasteiger partial charge is 0.265 e. The van der Waals surface area contributed by atoms with E-state index in [0.29, 0.717) is 10.9 Å². The van der Waals surface area contributed by atoms with Gasteiger partial charge < -0.3 is 0 Å². The molecule has 4 heteroatoms. The lowest BCUT2D eigenvalue weighted by atomic mass is 10.2. The first-order valence-electron chi connectivity index (χ1n) is 3.10. The first kappa shape index (κ1) is 6.03. The van der Waals surface area contributed by atoms with Crippen molar-refractivity contribution in [2.24, 2.45) is 0 Å². The number of hydrogen-bond acceptors (Lipinski definition) is 3. The molecule has 1 radical (unpaired) electrons. The summed E-state index contributed by atoms with van der Waals surface area (Å²) < 4.78 is 0. The van der Waals surface area contributed by atoms with Crippen molar-refractivity contribution >= 4 is 10.9 Å². The average molecular weight is 146 g/mol. The van der Waals surface area contributed by atoms with Crippen molar-refractivity contribution in [3.63, 3.8) is 0 Å². The molecule has 11 heavy (non-hydrogen) atoms. The molecule has 2 aromatic rings. The van der Waals surface area contributed by atoms with Gasteiger partial charge in [-0.2, -0.15) is 0 Å². The topological polar surface area (TPSA) is 58.6 Å². The molecule has 0 unspecified atom stereocenters. The monoisotopic (exact) mass is 146 g/mol. The number of aromatic nitrogens is 3. The highest BCUT2D eigenvalue weighted by Crippen LogP contribution is 2.00. The third-order valence-electron chi connectivity index (χ3n) is 1.38. The number of nitrogens with one attached hydrogen (secondary N) is 1. The fourth-order valence-electron chi connectivity index (χ4n) is 0.881. The quantitative estimate of drug-likeness (QED) is 0.574. The number of rotatable bonds is 0. The summed E-state index contributed by atoms with van der Waals surface area (Å²) in [7, 11) is 0. The van der Waals surface area contributed by atoms with Crippen LogP contribution in [0, 0.1) is 6.07 Å². The van der Waals surface area contributed by atoms with Gasteiger partial charge in [-0.05, 0) is 12.1 Å². The van der Waals surface area contributed by atoms with Crippen molar-refractivity contribution in [3.05, 3.63) is 34.6 Å². The van der Waals surface area contributed by atoms with Gasteiger partial charge in [0.05, 0.1) is 10.9 Å². The van der Waals surface area contributed by atoms with Crippen LogP contribution in [-0.4, -0.2) is 15.4 Å². The Bertz CT molecular complexity index is 429. The minimum absolute atomic E-state index is 0.348. The van der Waals surface area contributed by atoms with Crippen LogP contribution in [-0.2, 0) is 0 Å². The van der Waals surface area contributed by atoms with Crippen LogP contribution in [0.25, 0.3) is 10.9 Å². The lowest BCUT2D eigenvalue weighted by molar-refractivity contribution is 0.872. The fraction of sp³-hybridized carbons (Fsp3) is 0. The summed E-state index contributed by atoms with van der Waals surface area (Å²) in [6.45, 7) is 0. The third kappa shape index (κ3) is 0.881. The minimum Gasteiger partial charge on any atom is -0.265 e. The molecule has 53 valence electrons. The lowest BCUT2D eigenvalue weighted by Crippen LogP contribution is -2.09. The summed E-state index contributed by atoms with van der Waals surface area (Å²) in [4.78, 5) is 11.0. The van der Waals surface area contributed by atoms with Crippen molar-refractivity contribution in [1.82, 2.24) is 15.4 Å². The molecule has 0 saturated heterocycles. The van der Waals surface area contributed by atoms with E-state index in [0.717, 1.165) is 0 Å². The van der Waals surface area contributed by atoms with Crippen molar-refractivity contribution < 1.29 is 0 Å². The van der Waals surface area contributed by atoms with Gasteiger partial charge >= 0.3 is 0 Å². The molecule has 0 spiro atoms. The van der Waals surface area contributed by atoms with Gasteiger partial charge in [0.2, 0.25) is 0 Å². The van der Waals surface area contributed by atoms with E-state index < -0.39 is 0 Å². The molecule has 1 N–H and O–H groups in total. The number of hydrogen-bond donors (Lipinski definition) is 1. The zero-order valence-corrected chi connectivity index (χ0v) is 5.53. The molecule has 0 aliphatic rings. The Morgan fingerprint density at radius 1 is 1.55 bits per heavy atom. The van der Waals surface area contributed by atoms with Gasteiger partial charge in [0.15, 0.2) is 0 Å². The van der Waals surface area contributed by atoms with Gasteiger partial charge in [0.1, 0.15) is 0 Å². The Labute approximate surface area is 61.9 Å². The van der Waals surface area contributed by atoms with Crippen molar-refractivity contribution in [1.29, 1.82) is 0 Å². The molecular weight excluding hydrogens is 142 g/mol. The van der Waals surface area contributed by atoms with Crippen LogP contribution in [0.2, 0.25) is 0 Å². The summed E-state index contributed by atoms with van der Waals surface area (Å²) in [6.07, 6.45) is 0. The molecule has 0 aliphatic heterocycles. The van der Waals surface area contributed by atoms with Crippen LogP contribution < -0.4 is 5.56 Å². The van der Waals surface area contributed by atoms with Gasteiger partial charge in [-0.25, -0.2) is 0 Å². The Morgan fingerprint density at radius 3 is 3.27 bits per heavy atom. The SMILES string of the molecule is O=c1nn[nH]c2ccc[c]c12.